The van der Waals surface area contributed by atoms with Crippen molar-refractivity contribution in [1.29, 1.82) is 0 Å². The fraction of sp³-hybridized carbons (Fsp3) is 0.385. The van der Waals surface area contributed by atoms with Crippen molar-refractivity contribution < 1.29 is 0 Å². The number of aromatic amines is 2. The Labute approximate surface area is 104 Å². The Morgan fingerprint density at radius 2 is 1.94 bits per heavy atom. The van der Waals surface area contributed by atoms with Crippen LogP contribution in [0.3, 0.4) is 0 Å². The Morgan fingerprint density at radius 3 is 2.67 bits per heavy atom. The van der Waals surface area contributed by atoms with Gasteiger partial charge in [0.25, 0.3) is 11.1 Å². The number of fused-ring (bicyclic) bond motifs is 1. The van der Waals surface area contributed by atoms with E-state index in [4.69, 9.17) is 0 Å². The molecule has 0 amide bonds. The number of anilines is 1. The zero-order valence-corrected chi connectivity index (χ0v) is 10.5. The molecule has 0 fully saturated rings. The Morgan fingerprint density at radius 1 is 1.22 bits per heavy atom. The van der Waals surface area contributed by atoms with Crippen LogP contribution in [0.4, 0.5) is 5.69 Å². The van der Waals surface area contributed by atoms with Gasteiger partial charge in [-0.05, 0) is 25.5 Å². The first-order chi connectivity index (χ1) is 8.63. The summed E-state index contributed by atoms with van der Waals surface area (Å²) < 4.78 is 0. The van der Waals surface area contributed by atoms with E-state index < -0.39 is 0 Å². The lowest BCUT2D eigenvalue weighted by Gasteiger charge is -2.15. The van der Waals surface area contributed by atoms with E-state index in [-0.39, 0.29) is 17.2 Å². The van der Waals surface area contributed by atoms with E-state index in [0.717, 1.165) is 12.8 Å². The van der Waals surface area contributed by atoms with Crippen molar-refractivity contribution in [3.63, 3.8) is 0 Å². The fourth-order valence-electron chi connectivity index (χ4n) is 2.12. The van der Waals surface area contributed by atoms with Gasteiger partial charge in [-0.3, -0.25) is 19.8 Å². The van der Waals surface area contributed by atoms with Gasteiger partial charge in [0.2, 0.25) is 0 Å². The number of hydrogen-bond acceptors (Lipinski definition) is 3. The molecule has 0 bridgehead atoms. The van der Waals surface area contributed by atoms with Gasteiger partial charge in [0.15, 0.2) is 0 Å². The second-order valence-electron chi connectivity index (χ2n) is 4.47. The molecule has 1 aromatic carbocycles. The van der Waals surface area contributed by atoms with Gasteiger partial charge in [-0.15, -0.1) is 0 Å². The highest BCUT2D eigenvalue weighted by molar-refractivity contribution is 5.92. The van der Waals surface area contributed by atoms with E-state index in [2.05, 4.69) is 29.4 Å². The second-order valence-corrected chi connectivity index (χ2v) is 4.47. The Bertz CT molecular complexity index is 657. The van der Waals surface area contributed by atoms with Gasteiger partial charge in [-0.1, -0.05) is 19.4 Å². The van der Waals surface area contributed by atoms with Crippen LogP contribution in [-0.2, 0) is 0 Å². The van der Waals surface area contributed by atoms with E-state index in [1.807, 2.05) is 6.07 Å². The Hall–Kier alpha value is -2.04. The third-order valence-corrected chi connectivity index (χ3v) is 2.95. The van der Waals surface area contributed by atoms with Crippen LogP contribution in [0, 0.1) is 0 Å². The third kappa shape index (κ3) is 2.30. The van der Waals surface area contributed by atoms with Gasteiger partial charge in [-0.2, -0.15) is 0 Å². The number of rotatable bonds is 4. The smallest absolute Gasteiger partial charge is 0.272 e. The van der Waals surface area contributed by atoms with E-state index in [0.29, 0.717) is 16.5 Å². The molecule has 1 heterocycles. The number of aromatic nitrogens is 2. The first-order valence-corrected chi connectivity index (χ1v) is 6.13. The summed E-state index contributed by atoms with van der Waals surface area (Å²) in [5, 5.41) is 8.79. The molecule has 3 N–H and O–H groups in total. The molecule has 96 valence electrons. The lowest BCUT2D eigenvalue weighted by Crippen LogP contribution is -2.22. The van der Waals surface area contributed by atoms with Crippen molar-refractivity contribution in [2.75, 3.05) is 5.32 Å². The largest absolute Gasteiger partial charge is 0.382 e. The molecule has 2 aromatic rings. The SMILES string of the molecule is CCCC(C)Nc1cccc2c(=O)[nH][nH]c(=O)c12. The van der Waals surface area contributed by atoms with Crippen LogP contribution >= 0.6 is 0 Å². The molecule has 0 spiro atoms. The lowest BCUT2D eigenvalue weighted by molar-refractivity contribution is 0.691. The number of nitrogens with one attached hydrogen (secondary N) is 3. The summed E-state index contributed by atoms with van der Waals surface area (Å²) in [6, 6.07) is 5.51. The second kappa shape index (κ2) is 5.08. The van der Waals surface area contributed by atoms with Gasteiger partial charge < -0.3 is 5.32 Å². The number of benzene rings is 1. The Kier molecular flexibility index (Phi) is 3.50. The minimum atomic E-state index is -0.281. The monoisotopic (exact) mass is 247 g/mol. The fourth-order valence-corrected chi connectivity index (χ4v) is 2.12. The van der Waals surface area contributed by atoms with Gasteiger partial charge >= 0.3 is 0 Å². The van der Waals surface area contributed by atoms with Crippen molar-refractivity contribution >= 4 is 16.5 Å². The minimum Gasteiger partial charge on any atom is -0.382 e. The molecule has 0 aliphatic carbocycles. The van der Waals surface area contributed by atoms with Crippen LogP contribution in [0.1, 0.15) is 26.7 Å². The highest BCUT2D eigenvalue weighted by Crippen LogP contribution is 2.18. The molecule has 1 aromatic heterocycles. The summed E-state index contributed by atoms with van der Waals surface area (Å²) in [5.74, 6) is 0. The predicted molar refractivity (Wildman–Crippen MR) is 73.2 cm³/mol. The third-order valence-electron chi connectivity index (χ3n) is 2.95. The van der Waals surface area contributed by atoms with Crippen LogP contribution in [0.5, 0.6) is 0 Å². The normalized spacial score (nSPS) is 12.6. The molecule has 0 radical (unpaired) electrons. The highest BCUT2D eigenvalue weighted by Gasteiger charge is 2.09. The van der Waals surface area contributed by atoms with E-state index in [9.17, 15) is 9.59 Å². The molecule has 18 heavy (non-hydrogen) atoms. The van der Waals surface area contributed by atoms with E-state index in [1.54, 1.807) is 12.1 Å². The van der Waals surface area contributed by atoms with Crippen LogP contribution in [0.25, 0.3) is 10.8 Å². The summed E-state index contributed by atoms with van der Waals surface area (Å²) in [4.78, 5) is 23.5. The summed E-state index contributed by atoms with van der Waals surface area (Å²) in [5.41, 5.74) is 0.147. The summed E-state index contributed by atoms with van der Waals surface area (Å²) in [6.45, 7) is 4.17. The molecule has 2 rings (SSSR count). The first kappa shape index (κ1) is 12.4. The van der Waals surface area contributed by atoms with Crippen LogP contribution < -0.4 is 16.4 Å². The summed E-state index contributed by atoms with van der Waals surface area (Å²) in [6.07, 6.45) is 2.08. The van der Waals surface area contributed by atoms with Crippen LogP contribution in [-0.4, -0.2) is 16.2 Å². The maximum absolute atomic E-state index is 11.8. The highest BCUT2D eigenvalue weighted by atomic mass is 16.1. The van der Waals surface area contributed by atoms with Gasteiger partial charge in [0.05, 0.1) is 10.8 Å². The number of hydrogen-bond donors (Lipinski definition) is 3. The molecule has 0 aliphatic rings. The van der Waals surface area contributed by atoms with Crippen molar-refractivity contribution in [1.82, 2.24) is 10.2 Å². The quantitative estimate of drug-likeness (QED) is 0.771. The van der Waals surface area contributed by atoms with Gasteiger partial charge in [0.1, 0.15) is 0 Å². The molecular formula is C13H17N3O2. The van der Waals surface area contributed by atoms with E-state index in [1.165, 1.54) is 0 Å². The average molecular weight is 247 g/mol. The Balaban J connectivity index is 2.55. The molecular weight excluding hydrogens is 230 g/mol. The summed E-state index contributed by atoms with van der Waals surface area (Å²) >= 11 is 0. The molecule has 0 saturated carbocycles. The molecule has 5 heteroatoms. The topological polar surface area (TPSA) is 77.8 Å². The lowest BCUT2D eigenvalue weighted by atomic mass is 10.1. The van der Waals surface area contributed by atoms with Crippen molar-refractivity contribution in [2.24, 2.45) is 0 Å². The van der Waals surface area contributed by atoms with E-state index >= 15 is 0 Å². The average Bonchev–Trinajstić information content (AvgIpc) is 2.34. The first-order valence-electron chi connectivity index (χ1n) is 6.13. The number of H-pyrrole nitrogens is 2. The van der Waals surface area contributed by atoms with Crippen molar-refractivity contribution in [3.8, 4) is 0 Å². The van der Waals surface area contributed by atoms with Crippen LogP contribution in [0.15, 0.2) is 27.8 Å². The van der Waals surface area contributed by atoms with Crippen LogP contribution in [0.2, 0.25) is 0 Å². The van der Waals surface area contributed by atoms with Gasteiger partial charge in [-0.25, -0.2) is 0 Å². The predicted octanol–water partition coefficient (Wildman–Crippen LogP) is 1.82. The van der Waals surface area contributed by atoms with Crippen molar-refractivity contribution in [3.05, 3.63) is 38.9 Å². The maximum atomic E-state index is 11.8. The molecule has 0 saturated heterocycles. The molecule has 5 nitrogen and oxygen atoms in total. The standard InChI is InChI=1S/C13H17N3O2/c1-3-5-8(2)14-10-7-4-6-9-11(10)13(18)16-15-12(9)17/h4,6-8,14H,3,5H2,1-2H3,(H,15,17)(H,16,18). The molecule has 1 atom stereocenters. The molecule has 0 aliphatic heterocycles. The zero-order valence-electron chi connectivity index (χ0n) is 10.5. The zero-order chi connectivity index (χ0) is 13.1. The molecule has 1 unspecified atom stereocenters. The maximum Gasteiger partial charge on any atom is 0.272 e. The summed E-state index contributed by atoms with van der Waals surface area (Å²) in [7, 11) is 0. The van der Waals surface area contributed by atoms with Gasteiger partial charge in [0, 0.05) is 11.7 Å². The minimum absolute atomic E-state index is 0.263. The van der Waals surface area contributed by atoms with Crippen molar-refractivity contribution in [2.45, 2.75) is 32.7 Å².